The lowest BCUT2D eigenvalue weighted by atomic mass is 9.97. The van der Waals surface area contributed by atoms with Crippen LogP contribution in [-0.2, 0) is 0 Å². The topological polar surface area (TPSA) is 17.1 Å². The third-order valence-corrected chi connectivity index (χ3v) is 3.74. The summed E-state index contributed by atoms with van der Waals surface area (Å²) in [5.41, 5.74) is 0.0773. The quantitative estimate of drug-likeness (QED) is 0.573. The minimum absolute atomic E-state index is 0.0773. The Kier molecular flexibility index (Phi) is 4.93. The van der Waals surface area contributed by atoms with E-state index in [1.165, 1.54) is 12.1 Å². The van der Waals surface area contributed by atoms with Gasteiger partial charge in [0.2, 0.25) is 0 Å². The van der Waals surface area contributed by atoms with Crippen LogP contribution < -0.4 is 0 Å². The van der Waals surface area contributed by atoms with Gasteiger partial charge in [-0.25, -0.2) is 4.39 Å². The molecule has 0 heterocycles. The predicted octanol–water partition coefficient (Wildman–Crippen LogP) is 4.86. The van der Waals surface area contributed by atoms with Gasteiger partial charge < -0.3 is 0 Å². The Bertz CT molecular complexity index is 406. The number of halogens is 3. The van der Waals surface area contributed by atoms with Gasteiger partial charge in [-0.2, -0.15) is 0 Å². The average Bonchev–Trinajstić information content (AvgIpc) is 2.23. The predicted molar refractivity (Wildman–Crippen MR) is 67.5 cm³/mol. The van der Waals surface area contributed by atoms with Gasteiger partial charge in [0.1, 0.15) is 5.82 Å². The van der Waals surface area contributed by atoms with Gasteiger partial charge in [0.15, 0.2) is 5.78 Å². The number of hydrogen-bond acceptors (Lipinski definition) is 1. The van der Waals surface area contributed by atoms with Crippen molar-refractivity contribution in [2.75, 3.05) is 0 Å². The maximum absolute atomic E-state index is 13.5. The molecule has 0 amide bonds. The van der Waals surface area contributed by atoms with Crippen molar-refractivity contribution in [1.82, 2.24) is 0 Å². The highest BCUT2D eigenvalue weighted by Crippen LogP contribution is 2.27. The highest BCUT2D eigenvalue weighted by Gasteiger charge is 2.16. The molecule has 0 fully saturated rings. The Hall–Kier alpha value is -0.410. The molecule has 0 aromatic heterocycles. The number of hydrogen-bond donors (Lipinski definition) is 0. The van der Waals surface area contributed by atoms with Gasteiger partial charge in [0, 0.05) is 10.9 Å². The molecule has 1 rings (SSSR count). The van der Waals surface area contributed by atoms with E-state index in [0.717, 1.165) is 6.42 Å². The van der Waals surface area contributed by atoms with Gasteiger partial charge in [0.25, 0.3) is 0 Å². The molecule has 0 aliphatic heterocycles. The monoisotopic (exact) mass is 306 g/mol. The first-order valence-electron chi connectivity index (χ1n) is 5.13. The highest BCUT2D eigenvalue weighted by atomic mass is 79.9. The van der Waals surface area contributed by atoms with Crippen molar-refractivity contribution in [3.63, 3.8) is 0 Å². The van der Waals surface area contributed by atoms with E-state index in [1.807, 2.05) is 13.8 Å². The summed E-state index contributed by atoms with van der Waals surface area (Å²) in [6.07, 6.45) is 1.25. The van der Waals surface area contributed by atoms with Crippen molar-refractivity contribution in [3.05, 3.63) is 33.0 Å². The minimum atomic E-state index is -0.524. The van der Waals surface area contributed by atoms with Gasteiger partial charge in [-0.1, -0.05) is 31.9 Å². The molecule has 0 aliphatic carbocycles. The van der Waals surface area contributed by atoms with E-state index in [-0.39, 0.29) is 17.3 Å². The molecule has 0 saturated carbocycles. The third-order valence-electron chi connectivity index (χ3n) is 2.54. The van der Waals surface area contributed by atoms with Crippen molar-refractivity contribution in [1.29, 1.82) is 0 Å². The van der Waals surface area contributed by atoms with Crippen LogP contribution in [0.1, 0.15) is 37.0 Å². The third kappa shape index (κ3) is 3.29. The van der Waals surface area contributed by atoms with E-state index in [9.17, 15) is 9.18 Å². The van der Waals surface area contributed by atoms with E-state index in [1.54, 1.807) is 0 Å². The maximum Gasteiger partial charge on any atom is 0.166 e. The average molecular weight is 308 g/mol. The first kappa shape index (κ1) is 13.7. The first-order chi connectivity index (χ1) is 7.45. The van der Waals surface area contributed by atoms with E-state index in [0.29, 0.717) is 15.9 Å². The Morgan fingerprint density at radius 1 is 1.56 bits per heavy atom. The fourth-order valence-electron chi connectivity index (χ4n) is 1.31. The lowest BCUT2D eigenvalue weighted by molar-refractivity contribution is 0.0959. The molecule has 88 valence electrons. The molecule has 0 aliphatic rings. The molecule has 4 heteroatoms. The van der Waals surface area contributed by atoms with Crippen LogP contribution in [-0.4, -0.2) is 5.78 Å². The zero-order valence-corrected chi connectivity index (χ0v) is 11.5. The summed E-state index contributed by atoms with van der Waals surface area (Å²) in [7, 11) is 0. The normalized spacial score (nSPS) is 12.6. The SMILES string of the molecule is CCC(C)CC(=O)c1cc(Cl)c(Br)cc1F. The summed E-state index contributed by atoms with van der Waals surface area (Å²) in [6.45, 7) is 3.97. The van der Waals surface area contributed by atoms with Gasteiger partial charge >= 0.3 is 0 Å². The first-order valence-corrected chi connectivity index (χ1v) is 6.30. The van der Waals surface area contributed by atoms with E-state index in [2.05, 4.69) is 15.9 Å². The van der Waals surface area contributed by atoms with Crippen molar-refractivity contribution in [3.8, 4) is 0 Å². The summed E-state index contributed by atoms with van der Waals surface area (Å²) in [6, 6.07) is 2.61. The molecule has 0 bridgehead atoms. The van der Waals surface area contributed by atoms with Crippen LogP contribution in [0.5, 0.6) is 0 Å². The van der Waals surface area contributed by atoms with Gasteiger partial charge in [0.05, 0.1) is 10.6 Å². The standard InChI is InChI=1S/C12H13BrClFO/c1-3-7(2)4-12(16)8-5-10(14)9(13)6-11(8)15/h5-7H,3-4H2,1-2H3. The van der Waals surface area contributed by atoms with Gasteiger partial charge in [-0.05, 0) is 34.0 Å². The van der Waals surface area contributed by atoms with Gasteiger partial charge in [-0.3, -0.25) is 4.79 Å². The molecule has 0 saturated heterocycles. The van der Waals surface area contributed by atoms with E-state index >= 15 is 0 Å². The molecule has 0 spiro atoms. The summed E-state index contributed by atoms with van der Waals surface area (Å²) < 4.78 is 14.0. The molecule has 1 nitrogen and oxygen atoms in total. The Morgan fingerprint density at radius 2 is 2.19 bits per heavy atom. The summed E-state index contributed by atoms with van der Waals surface area (Å²) in [5, 5.41) is 0.355. The second-order valence-corrected chi connectivity index (χ2v) is 5.15. The molecule has 0 N–H and O–H groups in total. The van der Waals surface area contributed by atoms with Crippen molar-refractivity contribution in [2.45, 2.75) is 26.7 Å². The van der Waals surface area contributed by atoms with Crippen LogP contribution in [0, 0.1) is 11.7 Å². The lowest BCUT2D eigenvalue weighted by Crippen LogP contribution is -2.07. The zero-order chi connectivity index (χ0) is 12.3. The van der Waals surface area contributed by atoms with Crippen LogP contribution in [0.15, 0.2) is 16.6 Å². The van der Waals surface area contributed by atoms with Crippen LogP contribution in [0.25, 0.3) is 0 Å². The summed E-state index contributed by atoms with van der Waals surface area (Å²) in [4.78, 5) is 11.8. The van der Waals surface area contributed by atoms with Crippen LogP contribution in [0.4, 0.5) is 4.39 Å². The van der Waals surface area contributed by atoms with E-state index < -0.39 is 5.82 Å². The summed E-state index contributed by atoms with van der Waals surface area (Å²) >= 11 is 8.95. The number of Topliss-reactive ketones (excluding diaryl/α,β-unsaturated/α-hetero) is 1. The largest absolute Gasteiger partial charge is 0.294 e. The Balaban J connectivity index is 2.96. The number of carbonyl (C=O) groups excluding carboxylic acids is 1. The summed E-state index contributed by atoms with van der Waals surface area (Å²) in [5.74, 6) is -0.458. The number of rotatable bonds is 4. The van der Waals surface area contributed by atoms with Gasteiger partial charge in [-0.15, -0.1) is 0 Å². The smallest absolute Gasteiger partial charge is 0.166 e. The molecule has 1 atom stereocenters. The van der Waals surface area contributed by atoms with Crippen LogP contribution >= 0.6 is 27.5 Å². The van der Waals surface area contributed by atoms with E-state index in [4.69, 9.17) is 11.6 Å². The van der Waals surface area contributed by atoms with Crippen LogP contribution in [0.2, 0.25) is 5.02 Å². The molecule has 1 aromatic carbocycles. The number of benzene rings is 1. The molecule has 16 heavy (non-hydrogen) atoms. The van der Waals surface area contributed by atoms with Crippen molar-refractivity contribution in [2.24, 2.45) is 5.92 Å². The zero-order valence-electron chi connectivity index (χ0n) is 9.19. The fourth-order valence-corrected chi connectivity index (χ4v) is 1.79. The van der Waals surface area contributed by atoms with Crippen molar-refractivity contribution >= 4 is 33.3 Å². The maximum atomic E-state index is 13.5. The highest BCUT2D eigenvalue weighted by molar-refractivity contribution is 9.10. The number of ketones is 1. The van der Waals surface area contributed by atoms with Crippen LogP contribution in [0.3, 0.4) is 0 Å². The second kappa shape index (κ2) is 5.78. The molecular formula is C12H13BrClFO. The van der Waals surface area contributed by atoms with Crippen molar-refractivity contribution < 1.29 is 9.18 Å². The second-order valence-electron chi connectivity index (χ2n) is 3.89. The Morgan fingerprint density at radius 3 is 2.75 bits per heavy atom. The molecule has 0 radical (unpaired) electrons. The molecule has 1 aromatic rings. The molecule has 1 unspecified atom stereocenters. The fraction of sp³-hybridized carbons (Fsp3) is 0.417. The Labute approximate surface area is 108 Å². The minimum Gasteiger partial charge on any atom is -0.294 e. The number of carbonyl (C=O) groups is 1. The molecular weight excluding hydrogens is 294 g/mol. The lowest BCUT2D eigenvalue weighted by Gasteiger charge is -2.08.